The van der Waals surface area contributed by atoms with E-state index in [9.17, 15) is 14.9 Å². The number of halogens is 1. The molecule has 0 aliphatic heterocycles. The SMILES string of the molecule is CC(C)(C)OC(=O)NCCCNCc1ccc(Br)cc1[N+](=O)[O-]. The van der Waals surface area contributed by atoms with Crippen molar-refractivity contribution in [3.8, 4) is 0 Å². The second kappa shape index (κ2) is 8.83. The lowest BCUT2D eigenvalue weighted by molar-refractivity contribution is -0.385. The monoisotopic (exact) mass is 387 g/mol. The van der Waals surface area contributed by atoms with E-state index in [-0.39, 0.29) is 5.69 Å². The highest BCUT2D eigenvalue weighted by atomic mass is 79.9. The summed E-state index contributed by atoms with van der Waals surface area (Å²) in [5.41, 5.74) is 0.195. The maximum Gasteiger partial charge on any atom is 0.407 e. The lowest BCUT2D eigenvalue weighted by atomic mass is 10.2. The van der Waals surface area contributed by atoms with E-state index in [1.807, 2.05) is 0 Å². The summed E-state index contributed by atoms with van der Waals surface area (Å²) in [5.74, 6) is 0. The number of nitrogens with zero attached hydrogens (tertiary/aromatic N) is 1. The molecule has 2 N–H and O–H groups in total. The second-order valence-corrected chi connectivity index (χ2v) is 6.90. The number of nitrogens with one attached hydrogen (secondary N) is 2. The van der Waals surface area contributed by atoms with Gasteiger partial charge in [0, 0.05) is 29.2 Å². The molecule has 1 amide bonds. The van der Waals surface area contributed by atoms with E-state index in [4.69, 9.17) is 4.74 Å². The largest absolute Gasteiger partial charge is 0.444 e. The average Bonchev–Trinajstić information content (AvgIpc) is 2.41. The minimum Gasteiger partial charge on any atom is -0.444 e. The molecule has 0 heterocycles. The van der Waals surface area contributed by atoms with E-state index in [0.717, 1.165) is 0 Å². The van der Waals surface area contributed by atoms with Crippen molar-refractivity contribution < 1.29 is 14.5 Å². The maximum absolute atomic E-state index is 11.4. The van der Waals surface area contributed by atoms with Crippen LogP contribution < -0.4 is 10.6 Å². The van der Waals surface area contributed by atoms with Crippen LogP contribution in [0.25, 0.3) is 0 Å². The minimum atomic E-state index is -0.511. The van der Waals surface area contributed by atoms with Gasteiger partial charge in [0.1, 0.15) is 5.60 Å². The molecule has 0 saturated heterocycles. The Labute approximate surface area is 144 Å². The standard InChI is InChI=1S/C15H22BrN3O4/c1-15(2,3)23-14(20)18-8-4-7-17-10-11-5-6-12(16)9-13(11)19(21)22/h5-6,9,17H,4,7-8,10H2,1-3H3,(H,18,20). The number of nitro benzene ring substituents is 1. The van der Waals surface area contributed by atoms with Crippen LogP contribution in [0.2, 0.25) is 0 Å². The molecule has 128 valence electrons. The van der Waals surface area contributed by atoms with Gasteiger partial charge in [-0.25, -0.2) is 4.79 Å². The Bertz CT molecular complexity index is 558. The molecule has 0 unspecified atom stereocenters. The van der Waals surface area contributed by atoms with Gasteiger partial charge in [0.15, 0.2) is 0 Å². The molecule has 0 atom stereocenters. The number of benzene rings is 1. The van der Waals surface area contributed by atoms with Crippen LogP contribution in [0.4, 0.5) is 10.5 Å². The number of carbonyl (C=O) groups is 1. The number of carbonyl (C=O) groups excluding carboxylic acids is 1. The van der Waals surface area contributed by atoms with E-state index in [1.54, 1.807) is 32.9 Å². The molecule has 0 aliphatic rings. The summed E-state index contributed by atoms with van der Waals surface area (Å²) >= 11 is 3.22. The smallest absolute Gasteiger partial charge is 0.407 e. The summed E-state index contributed by atoms with van der Waals surface area (Å²) in [6, 6.07) is 4.98. The zero-order valence-electron chi connectivity index (χ0n) is 13.5. The first-order valence-corrected chi connectivity index (χ1v) is 8.09. The third kappa shape index (κ3) is 7.94. The Hall–Kier alpha value is -1.67. The van der Waals surface area contributed by atoms with Crippen molar-refractivity contribution in [2.75, 3.05) is 13.1 Å². The normalized spacial score (nSPS) is 11.1. The van der Waals surface area contributed by atoms with Crippen molar-refractivity contribution in [3.63, 3.8) is 0 Å². The molecule has 0 aromatic heterocycles. The molecule has 23 heavy (non-hydrogen) atoms. The Morgan fingerprint density at radius 3 is 2.65 bits per heavy atom. The van der Waals surface area contributed by atoms with Gasteiger partial charge < -0.3 is 15.4 Å². The molecule has 1 rings (SSSR count). The fourth-order valence-corrected chi connectivity index (χ4v) is 2.15. The Kier molecular flexibility index (Phi) is 7.44. The summed E-state index contributed by atoms with van der Waals surface area (Å²) in [4.78, 5) is 22.0. The van der Waals surface area contributed by atoms with Crippen LogP contribution in [0.15, 0.2) is 22.7 Å². The topological polar surface area (TPSA) is 93.5 Å². The van der Waals surface area contributed by atoms with Gasteiger partial charge in [0.05, 0.1) is 4.92 Å². The lowest BCUT2D eigenvalue weighted by Gasteiger charge is -2.19. The molecule has 0 bridgehead atoms. The number of nitro groups is 1. The van der Waals surface area contributed by atoms with Crippen molar-refractivity contribution >= 4 is 27.7 Å². The molecule has 8 heteroatoms. The van der Waals surface area contributed by atoms with Crippen LogP contribution in [0.1, 0.15) is 32.8 Å². The van der Waals surface area contributed by atoms with E-state index in [2.05, 4.69) is 26.6 Å². The Balaban J connectivity index is 2.28. The molecular weight excluding hydrogens is 366 g/mol. The average molecular weight is 388 g/mol. The number of rotatable bonds is 7. The first-order valence-electron chi connectivity index (χ1n) is 7.29. The highest BCUT2D eigenvalue weighted by Gasteiger charge is 2.15. The van der Waals surface area contributed by atoms with Gasteiger partial charge in [-0.15, -0.1) is 0 Å². The highest BCUT2D eigenvalue weighted by molar-refractivity contribution is 9.10. The van der Waals surface area contributed by atoms with Gasteiger partial charge in [0.2, 0.25) is 0 Å². The number of alkyl carbamates (subject to hydrolysis) is 1. The van der Waals surface area contributed by atoms with Gasteiger partial charge >= 0.3 is 6.09 Å². The molecule has 0 radical (unpaired) electrons. The van der Waals surface area contributed by atoms with Crippen molar-refractivity contribution in [3.05, 3.63) is 38.3 Å². The van der Waals surface area contributed by atoms with Gasteiger partial charge in [0.25, 0.3) is 5.69 Å². The fourth-order valence-electron chi connectivity index (χ4n) is 1.80. The van der Waals surface area contributed by atoms with Crippen LogP contribution in [0.5, 0.6) is 0 Å². The van der Waals surface area contributed by atoms with E-state index < -0.39 is 16.6 Å². The summed E-state index contributed by atoms with van der Waals surface area (Å²) in [5, 5.41) is 16.8. The molecule has 0 saturated carbocycles. The van der Waals surface area contributed by atoms with Gasteiger partial charge in [-0.1, -0.05) is 15.9 Å². The number of hydrogen-bond donors (Lipinski definition) is 2. The second-order valence-electron chi connectivity index (χ2n) is 5.99. The molecule has 0 spiro atoms. The molecule has 1 aromatic rings. The zero-order valence-corrected chi connectivity index (χ0v) is 15.1. The molecule has 0 fully saturated rings. The predicted octanol–water partition coefficient (Wildman–Crippen LogP) is 3.36. The third-order valence-electron chi connectivity index (χ3n) is 2.76. The van der Waals surface area contributed by atoms with Gasteiger partial charge in [-0.05, 0) is 45.9 Å². The van der Waals surface area contributed by atoms with Gasteiger partial charge in [-0.2, -0.15) is 0 Å². The zero-order chi connectivity index (χ0) is 17.5. The van der Waals surface area contributed by atoms with E-state index in [1.165, 1.54) is 6.07 Å². The van der Waals surface area contributed by atoms with Crippen molar-refractivity contribution in [1.29, 1.82) is 0 Å². The van der Waals surface area contributed by atoms with E-state index in [0.29, 0.717) is 36.1 Å². The molecule has 0 aliphatic carbocycles. The number of amides is 1. The number of ether oxygens (including phenoxy) is 1. The number of hydrogen-bond acceptors (Lipinski definition) is 5. The first-order chi connectivity index (χ1) is 10.7. The summed E-state index contributed by atoms with van der Waals surface area (Å²) in [6.45, 7) is 6.92. The third-order valence-corrected chi connectivity index (χ3v) is 3.25. The highest BCUT2D eigenvalue weighted by Crippen LogP contribution is 2.23. The molecule has 7 nitrogen and oxygen atoms in total. The lowest BCUT2D eigenvalue weighted by Crippen LogP contribution is -2.33. The predicted molar refractivity (Wildman–Crippen MR) is 91.4 cm³/mol. The van der Waals surface area contributed by atoms with Crippen LogP contribution in [0, 0.1) is 10.1 Å². The van der Waals surface area contributed by atoms with Crippen molar-refractivity contribution in [1.82, 2.24) is 10.6 Å². The Morgan fingerprint density at radius 1 is 1.35 bits per heavy atom. The quantitative estimate of drug-likeness (QED) is 0.424. The Morgan fingerprint density at radius 2 is 2.04 bits per heavy atom. The van der Waals surface area contributed by atoms with Crippen molar-refractivity contribution in [2.45, 2.75) is 39.3 Å². The maximum atomic E-state index is 11.4. The van der Waals surface area contributed by atoms with E-state index >= 15 is 0 Å². The summed E-state index contributed by atoms with van der Waals surface area (Å²) in [6.07, 6.45) is 0.255. The summed E-state index contributed by atoms with van der Waals surface area (Å²) in [7, 11) is 0. The fraction of sp³-hybridized carbons (Fsp3) is 0.533. The van der Waals surface area contributed by atoms with Crippen LogP contribution in [-0.4, -0.2) is 29.7 Å². The molecular formula is C15H22BrN3O4. The van der Waals surface area contributed by atoms with Crippen LogP contribution in [0.3, 0.4) is 0 Å². The molecule has 1 aromatic carbocycles. The first kappa shape index (κ1) is 19.4. The van der Waals surface area contributed by atoms with Crippen LogP contribution >= 0.6 is 15.9 Å². The van der Waals surface area contributed by atoms with Crippen molar-refractivity contribution in [2.24, 2.45) is 0 Å². The summed E-state index contributed by atoms with van der Waals surface area (Å²) < 4.78 is 5.79. The minimum absolute atomic E-state index is 0.0822. The van der Waals surface area contributed by atoms with Crippen LogP contribution in [-0.2, 0) is 11.3 Å². The van der Waals surface area contributed by atoms with Gasteiger partial charge in [-0.3, -0.25) is 10.1 Å².